The van der Waals surface area contributed by atoms with E-state index in [1.54, 1.807) is 0 Å². The number of ether oxygens (including phenoxy) is 1. The van der Waals surface area contributed by atoms with Crippen molar-refractivity contribution in [3.05, 3.63) is 59.7 Å². The Bertz CT molecular complexity index is 758. The van der Waals surface area contributed by atoms with Crippen LogP contribution in [0.3, 0.4) is 0 Å². The van der Waals surface area contributed by atoms with Gasteiger partial charge in [-0.25, -0.2) is 0 Å². The molecule has 4 rings (SSSR count). The minimum atomic E-state index is -0.463. The molecule has 1 fully saturated rings. The van der Waals surface area contributed by atoms with Crippen LogP contribution in [-0.4, -0.2) is 10.8 Å². The molecule has 1 N–H and O–H groups in total. The van der Waals surface area contributed by atoms with Crippen molar-refractivity contribution in [1.82, 2.24) is 5.32 Å². The van der Waals surface area contributed by atoms with E-state index in [2.05, 4.69) is 54.4 Å². The number of aryl methyl sites for hydroxylation is 1. The SMILES string of the molecule is CCc1ccc(N2C(=S)N[C@H]3C[C@]2(C)Oc2ccccc23)cc1. The van der Waals surface area contributed by atoms with E-state index in [4.69, 9.17) is 17.0 Å². The van der Waals surface area contributed by atoms with Gasteiger partial charge in [0, 0.05) is 17.7 Å². The molecule has 2 bridgehead atoms. The summed E-state index contributed by atoms with van der Waals surface area (Å²) in [7, 11) is 0. The van der Waals surface area contributed by atoms with Crippen molar-refractivity contribution in [2.45, 2.75) is 38.5 Å². The Kier molecular flexibility index (Phi) is 3.31. The molecule has 0 amide bonds. The Labute approximate surface area is 142 Å². The molecule has 0 spiro atoms. The quantitative estimate of drug-likeness (QED) is 0.838. The van der Waals surface area contributed by atoms with Crippen LogP contribution in [0.25, 0.3) is 0 Å². The zero-order valence-corrected chi connectivity index (χ0v) is 14.2. The molecular formula is C19H20N2OS. The summed E-state index contributed by atoms with van der Waals surface area (Å²) in [6.07, 6.45) is 1.89. The highest BCUT2D eigenvalue weighted by atomic mass is 32.1. The van der Waals surface area contributed by atoms with Gasteiger partial charge in [-0.2, -0.15) is 0 Å². The molecule has 2 aromatic rings. The lowest BCUT2D eigenvalue weighted by Crippen LogP contribution is -2.65. The predicted molar refractivity (Wildman–Crippen MR) is 96.9 cm³/mol. The molecule has 118 valence electrons. The molecule has 3 nitrogen and oxygen atoms in total. The molecule has 23 heavy (non-hydrogen) atoms. The fraction of sp³-hybridized carbons (Fsp3) is 0.316. The molecule has 2 aliphatic heterocycles. The van der Waals surface area contributed by atoms with Gasteiger partial charge in [-0.3, -0.25) is 4.90 Å². The first-order valence-electron chi connectivity index (χ1n) is 8.08. The zero-order chi connectivity index (χ0) is 16.0. The van der Waals surface area contributed by atoms with Crippen LogP contribution in [-0.2, 0) is 6.42 Å². The maximum absolute atomic E-state index is 6.38. The number of para-hydroxylation sites is 1. The van der Waals surface area contributed by atoms with E-state index in [-0.39, 0.29) is 6.04 Å². The fourth-order valence-corrected chi connectivity index (χ4v) is 4.03. The monoisotopic (exact) mass is 324 g/mol. The highest BCUT2D eigenvalue weighted by Crippen LogP contribution is 2.45. The average molecular weight is 324 g/mol. The Hall–Kier alpha value is -2.07. The van der Waals surface area contributed by atoms with Crippen molar-refractivity contribution in [3.63, 3.8) is 0 Å². The number of hydrogen-bond acceptors (Lipinski definition) is 2. The number of benzene rings is 2. The highest BCUT2D eigenvalue weighted by molar-refractivity contribution is 7.80. The zero-order valence-electron chi connectivity index (χ0n) is 13.4. The van der Waals surface area contributed by atoms with E-state index in [0.29, 0.717) is 0 Å². The number of anilines is 1. The molecular weight excluding hydrogens is 304 g/mol. The van der Waals surface area contributed by atoms with Crippen LogP contribution < -0.4 is 15.0 Å². The van der Waals surface area contributed by atoms with Gasteiger partial charge >= 0.3 is 0 Å². The summed E-state index contributed by atoms with van der Waals surface area (Å²) < 4.78 is 6.38. The van der Waals surface area contributed by atoms with Crippen LogP contribution in [0.5, 0.6) is 5.75 Å². The third-order valence-corrected chi connectivity index (χ3v) is 5.08. The van der Waals surface area contributed by atoms with Gasteiger partial charge in [0.05, 0.1) is 6.04 Å². The van der Waals surface area contributed by atoms with Gasteiger partial charge in [-0.1, -0.05) is 37.3 Å². The number of hydrogen-bond donors (Lipinski definition) is 1. The van der Waals surface area contributed by atoms with E-state index >= 15 is 0 Å². The predicted octanol–water partition coefficient (Wildman–Crippen LogP) is 4.18. The van der Waals surface area contributed by atoms with Crippen molar-refractivity contribution in [1.29, 1.82) is 0 Å². The van der Waals surface area contributed by atoms with Crippen molar-refractivity contribution >= 4 is 23.0 Å². The molecule has 0 aromatic heterocycles. The molecule has 0 unspecified atom stereocenters. The van der Waals surface area contributed by atoms with Crippen LogP contribution >= 0.6 is 12.2 Å². The van der Waals surface area contributed by atoms with Gasteiger partial charge in [0.15, 0.2) is 10.8 Å². The number of nitrogens with zero attached hydrogens (tertiary/aromatic N) is 1. The van der Waals surface area contributed by atoms with Crippen molar-refractivity contribution in [2.75, 3.05) is 4.90 Å². The maximum atomic E-state index is 6.38. The summed E-state index contributed by atoms with van der Waals surface area (Å²) in [6.45, 7) is 4.28. The van der Waals surface area contributed by atoms with Crippen molar-refractivity contribution < 1.29 is 4.74 Å². The molecule has 2 aliphatic rings. The molecule has 1 saturated heterocycles. The lowest BCUT2D eigenvalue weighted by Gasteiger charge is -2.52. The summed E-state index contributed by atoms with van der Waals surface area (Å²) in [5, 5.41) is 4.21. The van der Waals surface area contributed by atoms with Gasteiger partial charge in [-0.05, 0) is 49.3 Å². The van der Waals surface area contributed by atoms with E-state index in [0.717, 1.165) is 29.4 Å². The average Bonchev–Trinajstić information content (AvgIpc) is 2.54. The topological polar surface area (TPSA) is 24.5 Å². The van der Waals surface area contributed by atoms with Crippen LogP contribution in [0.1, 0.15) is 37.4 Å². The Morgan fingerprint density at radius 2 is 1.96 bits per heavy atom. The van der Waals surface area contributed by atoms with Gasteiger partial charge < -0.3 is 10.1 Å². The summed E-state index contributed by atoms with van der Waals surface area (Å²) in [5.41, 5.74) is 3.12. The highest BCUT2D eigenvalue weighted by Gasteiger charge is 2.48. The fourth-order valence-electron chi connectivity index (χ4n) is 3.59. The van der Waals surface area contributed by atoms with E-state index in [9.17, 15) is 0 Å². The minimum Gasteiger partial charge on any atom is -0.467 e. The maximum Gasteiger partial charge on any atom is 0.188 e. The third-order valence-electron chi connectivity index (χ3n) is 4.78. The van der Waals surface area contributed by atoms with Crippen LogP contribution in [0.15, 0.2) is 48.5 Å². The second-order valence-corrected chi connectivity index (χ2v) is 6.76. The van der Waals surface area contributed by atoms with Crippen LogP contribution in [0.4, 0.5) is 5.69 Å². The third kappa shape index (κ3) is 2.29. The number of rotatable bonds is 2. The number of thiocarbonyl (C=S) groups is 1. The second-order valence-electron chi connectivity index (χ2n) is 6.38. The molecule has 0 saturated carbocycles. The van der Waals surface area contributed by atoms with Gasteiger partial charge in [-0.15, -0.1) is 0 Å². The number of fused-ring (bicyclic) bond motifs is 4. The lowest BCUT2D eigenvalue weighted by atomic mass is 9.90. The summed E-state index contributed by atoms with van der Waals surface area (Å²) >= 11 is 5.66. The van der Waals surface area contributed by atoms with Gasteiger partial charge in [0.2, 0.25) is 0 Å². The molecule has 2 aromatic carbocycles. The molecule has 4 heteroatoms. The summed E-state index contributed by atoms with van der Waals surface area (Å²) in [5.74, 6) is 0.941. The normalized spacial score (nSPS) is 25.4. The van der Waals surface area contributed by atoms with Crippen molar-refractivity contribution in [2.24, 2.45) is 0 Å². The molecule has 2 heterocycles. The first-order chi connectivity index (χ1) is 11.1. The summed E-state index contributed by atoms with van der Waals surface area (Å²) in [6, 6.07) is 17.0. The van der Waals surface area contributed by atoms with E-state index < -0.39 is 5.72 Å². The minimum absolute atomic E-state index is 0.212. The standard InChI is InChI=1S/C19H20N2OS/c1-3-13-8-10-14(11-9-13)21-18(23)20-16-12-19(21,2)22-17-7-5-4-6-15(16)17/h4-11,16H,3,12H2,1-2H3,(H,20,23)/t16-,19-/m0/s1. The van der Waals surface area contributed by atoms with E-state index in [1.807, 2.05) is 18.2 Å². The largest absolute Gasteiger partial charge is 0.467 e. The number of nitrogens with one attached hydrogen (secondary N) is 1. The van der Waals surface area contributed by atoms with Gasteiger partial charge in [0.25, 0.3) is 0 Å². The molecule has 2 atom stereocenters. The van der Waals surface area contributed by atoms with Crippen LogP contribution in [0.2, 0.25) is 0 Å². The first-order valence-corrected chi connectivity index (χ1v) is 8.49. The van der Waals surface area contributed by atoms with Gasteiger partial charge in [0.1, 0.15) is 5.75 Å². The smallest absolute Gasteiger partial charge is 0.188 e. The Morgan fingerprint density at radius 3 is 2.70 bits per heavy atom. The summed E-state index contributed by atoms with van der Waals surface area (Å²) in [4.78, 5) is 2.11. The first kappa shape index (κ1) is 14.5. The second kappa shape index (κ2) is 5.24. The van der Waals surface area contributed by atoms with E-state index in [1.165, 1.54) is 11.1 Å². The molecule has 0 radical (unpaired) electrons. The Balaban J connectivity index is 1.76. The lowest BCUT2D eigenvalue weighted by molar-refractivity contribution is 0.0498. The Morgan fingerprint density at radius 1 is 1.22 bits per heavy atom. The van der Waals surface area contributed by atoms with Crippen molar-refractivity contribution in [3.8, 4) is 5.75 Å². The van der Waals surface area contributed by atoms with Crippen LogP contribution in [0, 0.1) is 0 Å². The molecule has 0 aliphatic carbocycles.